The number of benzene rings is 1. The van der Waals surface area contributed by atoms with Crippen LogP contribution in [0.15, 0.2) is 42.7 Å². The molecule has 2 aromatic heterocycles. The smallest absolute Gasteiger partial charge is 0.241 e. The van der Waals surface area contributed by atoms with Crippen LogP contribution in [0, 0.1) is 0 Å². The summed E-state index contributed by atoms with van der Waals surface area (Å²) in [6, 6.07) is 10.1. The number of rotatable bonds is 9. The van der Waals surface area contributed by atoms with Gasteiger partial charge in [-0.2, -0.15) is 0 Å². The van der Waals surface area contributed by atoms with Crippen molar-refractivity contribution in [2.45, 2.75) is 32.2 Å². The molecule has 3 aromatic rings. The van der Waals surface area contributed by atoms with Crippen molar-refractivity contribution in [3.8, 4) is 0 Å². The van der Waals surface area contributed by atoms with Crippen LogP contribution in [0.4, 0.5) is 5.95 Å². The SMILES string of the molecule is Cl.Nc1ncc(CCCc2cn(CC(=O)NCCc3ccccc3)nn2)[nH]1. The van der Waals surface area contributed by atoms with Gasteiger partial charge in [0.05, 0.1) is 11.9 Å². The number of hydrogen-bond donors (Lipinski definition) is 3. The first-order chi connectivity index (χ1) is 12.7. The van der Waals surface area contributed by atoms with E-state index in [0.29, 0.717) is 12.5 Å². The summed E-state index contributed by atoms with van der Waals surface area (Å²) in [7, 11) is 0. The van der Waals surface area contributed by atoms with Crippen LogP contribution in [0.2, 0.25) is 0 Å². The third-order valence-electron chi connectivity index (χ3n) is 4.00. The Kier molecular flexibility index (Phi) is 7.81. The average molecular weight is 390 g/mol. The maximum absolute atomic E-state index is 12.0. The lowest BCUT2D eigenvalue weighted by Gasteiger charge is -2.05. The number of carbonyl (C=O) groups excluding carboxylic acids is 1. The maximum atomic E-state index is 12.0. The molecule has 9 heteroatoms. The van der Waals surface area contributed by atoms with Crippen molar-refractivity contribution in [2.24, 2.45) is 0 Å². The quantitative estimate of drug-likeness (QED) is 0.513. The molecule has 0 aliphatic carbocycles. The van der Waals surface area contributed by atoms with Crippen LogP contribution in [0.25, 0.3) is 0 Å². The van der Waals surface area contributed by atoms with E-state index >= 15 is 0 Å². The predicted octanol–water partition coefficient (Wildman–Crippen LogP) is 1.54. The number of carbonyl (C=O) groups is 1. The van der Waals surface area contributed by atoms with Gasteiger partial charge >= 0.3 is 0 Å². The van der Waals surface area contributed by atoms with Crippen LogP contribution in [-0.4, -0.2) is 37.4 Å². The van der Waals surface area contributed by atoms with E-state index in [0.717, 1.165) is 37.1 Å². The molecule has 27 heavy (non-hydrogen) atoms. The standard InChI is InChI=1S/C18H23N7O.ClH/c19-18-21-11-15(22-18)7-4-8-16-12-25(24-23-16)13-17(26)20-10-9-14-5-2-1-3-6-14;/h1-3,5-6,11-12H,4,7-10,13H2,(H,20,26)(H3,19,21,22);1H. The number of H-pyrrole nitrogens is 1. The summed E-state index contributed by atoms with van der Waals surface area (Å²) in [5, 5.41) is 11.0. The Morgan fingerprint density at radius 2 is 2.00 bits per heavy atom. The average Bonchev–Trinajstić information content (AvgIpc) is 3.25. The number of nitrogens with two attached hydrogens (primary N) is 1. The third-order valence-corrected chi connectivity index (χ3v) is 4.00. The molecule has 3 rings (SSSR count). The Hall–Kier alpha value is -2.87. The van der Waals surface area contributed by atoms with Crippen molar-refractivity contribution >= 4 is 24.3 Å². The number of nitrogens with one attached hydrogen (secondary N) is 2. The molecular formula is C18H24ClN7O. The lowest BCUT2D eigenvalue weighted by molar-refractivity contribution is -0.121. The first-order valence-electron chi connectivity index (χ1n) is 8.68. The summed E-state index contributed by atoms with van der Waals surface area (Å²) in [5.41, 5.74) is 8.63. The number of aromatic nitrogens is 5. The fourth-order valence-corrected chi connectivity index (χ4v) is 2.69. The Labute approximate surface area is 164 Å². The van der Waals surface area contributed by atoms with E-state index < -0.39 is 0 Å². The summed E-state index contributed by atoms with van der Waals surface area (Å²) in [4.78, 5) is 19.0. The molecule has 0 radical (unpaired) electrons. The molecule has 0 fully saturated rings. The van der Waals surface area contributed by atoms with Gasteiger partial charge in [-0.15, -0.1) is 17.5 Å². The van der Waals surface area contributed by atoms with Crippen molar-refractivity contribution < 1.29 is 4.79 Å². The second-order valence-corrected chi connectivity index (χ2v) is 6.14. The summed E-state index contributed by atoms with van der Waals surface area (Å²) in [6.45, 7) is 0.788. The summed E-state index contributed by atoms with van der Waals surface area (Å²) in [6.07, 6.45) is 6.91. The Morgan fingerprint density at radius 1 is 1.19 bits per heavy atom. The van der Waals surface area contributed by atoms with E-state index in [2.05, 4.69) is 25.6 Å². The zero-order valence-electron chi connectivity index (χ0n) is 15.0. The number of anilines is 1. The largest absolute Gasteiger partial charge is 0.369 e. The Balaban J connectivity index is 0.00000261. The van der Waals surface area contributed by atoms with Crippen molar-refractivity contribution in [3.05, 3.63) is 59.7 Å². The molecule has 0 aliphatic rings. The Morgan fingerprint density at radius 3 is 2.74 bits per heavy atom. The molecular weight excluding hydrogens is 366 g/mol. The van der Waals surface area contributed by atoms with Gasteiger partial charge in [-0.1, -0.05) is 35.5 Å². The van der Waals surface area contributed by atoms with Crippen molar-refractivity contribution in [1.82, 2.24) is 30.3 Å². The van der Waals surface area contributed by atoms with Crippen molar-refractivity contribution in [3.63, 3.8) is 0 Å². The van der Waals surface area contributed by atoms with Crippen LogP contribution >= 0.6 is 12.4 Å². The molecule has 0 bridgehead atoms. The van der Waals surface area contributed by atoms with Gasteiger partial charge in [-0.05, 0) is 31.2 Å². The summed E-state index contributed by atoms with van der Waals surface area (Å²) >= 11 is 0. The van der Waals surface area contributed by atoms with E-state index in [9.17, 15) is 4.79 Å². The van der Waals surface area contributed by atoms with Gasteiger partial charge in [0.25, 0.3) is 0 Å². The molecule has 0 saturated carbocycles. The van der Waals surface area contributed by atoms with Crippen LogP contribution < -0.4 is 11.1 Å². The number of aryl methyl sites for hydroxylation is 2. The van der Waals surface area contributed by atoms with Crippen LogP contribution in [-0.2, 0) is 30.6 Å². The minimum atomic E-state index is -0.0645. The number of halogens is 1. The van der Waals surface area contributed by atoms with Gasteiger partial charge in [0.2, 0.25) is 5.91 Å². The van der Waals surface area contributed by atoms with E-state index in [1.165, 1.54) is 5.56 Å². The highest BCUT2D eigenvalue weighted by Crippen LogP contribution is 2.05. The van der Waals surface area contributed by atoms with Gasteiger partial charge in [0.1, 0.15) is 6.54 Å². The van der Waals surface area contributed by atoms with E-state index in [-0.39, 0.29) is 24.9 Å². The Bertz CT molecular complexity index is 831. The van der Waals surface area contributed by atoms with E-state index in [1.807, 2.05) is 36.5 Å². The molecule has 2 heterocycles. The lowest BCUT2D eigenvalue weighted by atomic mass is 10.1. The summed E-state index contributed by atoms with van der Waals surface area (Å²) in [5.74, 6) is 0.370. The molecule has 1 aromatic carbocycles. The normalized spacial score (nSPS) is 10.4. The van der Waals surface area contributed by atoms with Gasteiger partial charge in [-0.3, -0.25) is 4.79 Å². The molecule has 144 valence electrons. The first kappa shape index (κ1) is 20.4. The van der Waals surface area contributed by atoms with Crippen molar-refractivity contribution in [1.29, 1.82) is 0 Å². The highest BCUT2D eigenvalue weighted by molar-refractivity contribution is 5.85. The number of nitrogens with zero attached hydrogens (tertiary/aromatic N) is 4. The van der Waals surface area contributed by atoms with Crippen molar-refractivity contribution in [2.75, 3.05) is 12.3 Å². The van der Waals surface area contributed by atoms with Crippen LogP contribution in [0.5, 0.6) is 0 Å². The number of hydrogen-bond acceptors (Lipinski definition) is 5. The molecule has 0 unspecified atom stereocenters. The van der Waals surface area contributed by atoms with Crippen LogP contribution in [0.3, 0.4) is 0 Å². The fraction of sp³-hybridized carbons (Fsp3) is 0.333. The molecule has 0 spiro atoms. The third kappa shape index (κ3) is 6.74. The predicted molar refractivity (Wildman–Crippen MR) is 105 cm³/mol. The van der Waals surface area contributed by atoms with Crippen LogP contribution in [0.1, 0.15) is 23.4 Å². The highest BCUT2D eigenvalue weighted by Gasteiger charge is 2.06. The zero-order chi connectivity index (χ0) is 18.2. The summed E-state index contributed by atoms with van der Waals surface area (Å²) < 4.78 is 1.57. The fourth-order valence-electron chi connectivity index (χ4n) is 2.69. The van der Waals surface area contributed by atoms with Gasteiger partial charge in [0, 0.05) is 18.4 Å². The molecule has 4 N–H and O–H groups in total. The van der Waals surface area contributed by atoms with Gasteiger partial charge in [0.15, 0.2) is 5.95 Å². The monoisotopic (exact) mass is 389 g/mol. The molecule has 0 aliphatic heterocycles. The molecule has 8 nitrogen and oxygen atoms in total. The number of nitrogen functional groups attached to an aromatic ring is 1. The minimum Gasteiger partial charge on any atom is -0.369 e. The molecule has 1 amide bonds. The second-order valence-electron chi connectivity index (χ2n) is 6.14. The van der Waals surface area contributed by atoms with E-state index in [1.54, 1.807) is 10.9 Å². The second kappa shape index (κ2) is 10.3. The highest BCUT2D eigenvalue weighted by atomic mass is 35.5. The minimum absolute atomic E-state index is 0. The first-order valence-corrected chi connectivity index (χ1v) is 8.68. The number of aromatic amines is 1. The maximum Gasteiger partial charge on any atom is 0.241 e. The number of imidazole rings is 1. The van der Waals surface area contributed by atoms with Gasteiger partial charge in [-0.25, -0.2) is 9.67 Å². The molecule has 0 saturated heterocycles. The zero-order valence-corrected chi connectivity index (χ0v) is 15.8. The molecule has 0 atom stereocenters. The topological polar surface area (TPSA) is 115 Å². The van der Waals surface area contributed by atoms with Gasteiger partial charge < -0.3 is 16.0 Å². The lowest BCUT2D eigenvalue weighted by Crippen LogP contribution is -2.29. The van der Waals surface area contributed by atoms with E-state index in [4.69, 9.17) is 5.73 Å². The number of amides is 1.